The summed E-state index contributed by atoms with van der Waals surface area (Å²) < 4.78 is 5.01. The van der Waals surface area contributed by atoms with Gasteiger partial charge in [-0.3, -0.25) is 9.59 Å². The lowest BCUT2D eigenvalue weighted by Gasteiger charge is -2.28. The lowest BCUT2D eigenvalue weighted by molar-refractivity contribution is -0.153. The van der Waals surface area contributed by atoms with Crippen molar-refractivity contribution >= 4 is 11.8 Å². The number of carbonyl (C=O) groups excluding carboxylic acids is 2. The summed E-state index contributed by atoms with van der Waals surface area (Å²) in [6.45, 7) is 2.45. The van der Waals surface area contributed by atoms with Gasteiger partial charge in [0.15, 0.2) is 5.78 Å². The Morgan fingerprint density at radius 1 is 1.35 bits per heavy atom. The monoisotopic (exact) mass is 232 g/mol. The van der Waals surface area contributed by atoms with E-state index in [2.05, 4.69) is 0 Å². The van der Waals surface area contributed by atoms with E-state index in [1.54, 1.807) is 12.1 Å². The van der Waals surface area contributed by atoms with Gasteiger partial charge >= 0.3 is 5.97 Å². The van der Waals surface area contributed by atoms with Gasteiger partial charge in [0.05, 0.1) is 6.61 Å². The average molecular weight is 232 g/mol. The molecule has 1 heterocycles. The molecule has 0 radical (unpaired) electrons. The Balaban J connectivity index is 2.24. The maximum atomic E-state index is 12.3. The highest BCUT2D eigenvalue weighted by Gasteiger charge is 2.38. The molecule has 0 unspecified atom stereocenters. The average Bonchev–Trinajstić information content (AvgIpc) is 2.38. The first kappa shape index (κ1) is 11.8. The van der Waals surface area contributed by atoms with Crippen LogP contribution in [-0.4, -0.2) is 18.4 Å². The van der Waals surface area contributed by atoms with Crippen molar-refractivity contribution < 1.29 is 14.3 Å². The fourth-order valence-electron chi connectivity index (χ4n) is 2.30. The van der Waals surface area contributed by atoms with Crippen LogP contribution in [0.2, 0.25) is 0 Å². The Morgan fingerprint density at radius 3 is 2.71 bits per heavy atom. The standard InChI is InChI=1S/C14H16O3/c1-2-10-8-9-17-14(16)12(10)13(15)11-6-4-3-5-7-11/h3-7,10,12H,2,8-9H2,1H3/t10-,12-/m1/s1. The summed E-state index contributed by atoms with van der Waals surface area (Å²) in [5.41, 5.74) is 0.592. The second-order valence-corrected chi connectivity index (χ2v) is 4.33. The Bertz CT molecular complexity index is 411. The number of hydrogen-bond acceptors (Lipinski definition) is 3. The number of ketones is 1. The van der Waals surface area contributed by atoms with Crippen molar-refractivity contribution in [1.82, 2.24) is 0 Å². The quantitative estimate of drug-likeness (QED) is 0.457. The van der Waals surface area contributed by atoms with Crippen molar-refractivity contribution in [3.05, 3.63) is 35.9 Å². The molecule has 0 saturated carbocycles. The van der Waals surface area contributed by atoms with Crippen LogP contribution in [0.1, 0.15) is 30.1 Å². The highest BCUT2D eigenvalue weighted by Crippen LogP contribution is 2.28. The van der Waals surface area contributed by atoms with Crippen LogP contribution < -0.4 is 0 Å². The predicted molar refractivity (Wildman–Crippen MR) is 63.6 cm³/mol. The first-order chi connectivity index (χ1) is 8.24. The first-order valence-electron chi connectivity index (χ1n) is 6.00. The Kier molecular flexibility index (Phi) is 3.57. The van der Waals surface area contributed by atoms with Gasteiger partial charge in [0.25, 0.3) is 0 Å². The van der Waals surface area contributed by atoms with Crippen LogP contribution in [0, 0.1) is 11.8 Å². The molecule has 1 saturated heterocycles. The molecular weight excluding hydrogens is 216 g/mol. The molecule has 1 aliphatic rings. The highest BCUT2D eigenvalue weighted by atomic mass is 16.5. The summed E-state index contributed by atoms with van der Waals surface area (Å²) in [6, 6.07) is 8.96. The molecule has 0 bridgehead atoms. The molecule has 0 aromatic heterocycles. The molecule has 3 nitrogen and oxygen atoms in total. The molecule has 1 aromatic rings. The Hall–Kier alpha value is -1.64. The van der Waals surface area contributed by atoms with E-state index in [1.807, 2.05) is 25.1 Å². The zero-order chi connectivity index (χ0) is 12.3. The number of cyclic esters (lactones) is 1. The second kappa shape index (κ2) is 5.13. The minimum absolute atomic E-state index is 0.109. The van der Waals surface area contributed by atoms with E-state index in [0.717, 1.165) is 12.8 Å². The molecule has 2 atom stereocenters. The molecule has 0 amide bonds. The number of carbonyl (C=O) groups is 2. The highest BCUT2D eigenvalue weighted by molar-refractivity contribution is 6.09. The van der Waals surface area contributed by atoms with Gasteiger partial charge in [-0.1, -0.05) is 43.7 Å². The molecule has 1 aliphatic heterocycles. The van der Waals surface area contributed by atoms with Gasteiger partial charge in [0.1, 0.15) is 5.92 Å². The van der Waals surface area contributed by atoms with E-state index in [-0.39, 0.29) is 17.7 Å². The third-order valence-corrected chi connectivity index (χ3v) is 3.32. The second-order valence-electron chi connectivity index (χ2n) is 4.33. The Labute approximate surface area is 101 Å². The SMILES string of the molecule is CC[C@@H]1CCOC(=O)[C@H]1C(=O)c1ccccc1. The van der Waals surface area contributed by atoms with Crippen molar-refractivity contribution in [3.63, 3.8) is 0 Å². The van der Waals surface area contributed by atoms with Crippen LogP contribution in [0.5, 0.6) is 0 Å². The zero-order valence-corrected chi connectivity index (χ0v) is 9.89. The van der Waals surface area contributed by atoms with Crippen LogP contribution >= 0.6 is 0 Å². The van der Waals surface area contributed by atoms with E-state index in [1.165, 1.54) is 0 Å². The molecule has 2 rings (SSSR count). The third kappa shape index (κ3) is 2.38. The Morgan fingerprint density at radius 2 is 2.06 bits per heavy atom. The number of esters is 1. The molecule has 90 valence electrons. The van der Waals surface area contributed by atoms with E-state index in [0.29, 0.717) is 12.2 Å². The van der Waals surface area contributed by atoms with Gasteiger partial charge in [-0.15, -0.1) is 0 Å². The smallest absolute Gasteiger partial charge is 0.317 e. The van der Waals surface area contributed by atoms with Crippen molar-refractivity contribution in [2.45, 2.75) is 19.8 Å². The minimum Gasteiger partial charge on any atom is -0.465 e. The molecule has 1 aromatic carbocycles. The van der Waals surface area contributed by atoms with Crippen molar-refractivity contribution in [1.29, 1.82) is 0 Å². The van der Waals surface area contributed by atoms with Gasteiger partial charge in [0, 0.05) is 5.56 Å². The fourth-order valence-corrected chi connectivity index (χ4v) is 2.30. The molecule has 0 N–H and O–H groups in total. The first-order valence-corrected chi connectivity index (χ1v) is 6.00. The van der Waals surface area contributed by atoms with Crippen molar-refractivity contribution in [3.8, 4) is 0 Å². The van der Waals surface area contributed by atoms with E-state index < -0.39 is 5.92 Å². The van der Waals surface area contributed by atoms with Crippen molar-refractivity contribution in [2.24, 2.45) is 11.8 Å². The number of Topliss-reactive ketones (excluding diaryl/α,β-unsaturated/α-hetero) is 1. The van der Waals surface area contributed by atoms with E-state index >= 15 is 0 Å². The fraction of sp³-hybridized carbons (Fsp3) is 0.429. The number of benzene rings is 1. The molecule has 0 spiro atoms. The van der Waals surface area contributed by atoms with Crippen LogP contribution in [-0.2, 0) is 9.53 Å². The molecule has 1 fully saturated rings. The summed E-state index contributed by atoms with van der Waals surface area (Å²) >= 11 is 0. The summed E-state index contributed by atoms with van der Waals surface area (Å²) in [7, 11) is 0. The van der Waals surface area contributed by atoms with Crippen LogP contribution in [0.15, 0.2) is 30.3 Å². The summed E-state index contributed by atoms with van der Waals surface area (Å²) in [4.78, 5) is 24.0. The maximum absolute atomic E-state index is 12.3. The predicted octanol–water partition coefficient (Wildman–Crippen LogP) is 2.46. The van der Waals surface area contributed by atoms with Crippen LogP contribution in [0.4, 0.5) is 0 Å². The van der Waals surface area contributed by atoms with E-state index in [9.17, 15) is 9.59 Å². The maximum Gasteiger partial charge on any atom is 0.317 e. The van der Waals surface area contributed by atoms with E-state index in [4.69, 9.17) is 4.74 Å². The number of hydrogen-bond donors (Lipinski definition) is 0. The van der Waals surface area contributed by atoms with Crippen LogP contribution in [0.25, 0.3) is 0 Å². The largest absolute Gasteiger partial charge is 0.465 e. The molecule has 3 heteroatoms. The van der Waals surface area contributed by atoms with Gasteiger partial charge in [-0.2, -0.15) is 0 Å². The molecule has 0 aliphatic carbocycles. The van der Waals surface area contributed by atoms with Gasteiger partial charge in [-0.05, 0) is 12.3 Å². The minimum atomic E-state index is -0.615. The topological polar surface area (TPSA) is 43.4 Å². The zero-order valence-electron chi connectivity index (χ0n) is 9.89. The number of rotatable bonds is 3. The van der Waals surface area contributed by atoms with Crippen molar-refractivity contribution in [2.75, 3.05) is 6.61 Å². The summed E-state index contributed by atoms with van der Waals surface area (Å²) in [5.74, 6) is -0.973. The lowest BCUT2D eigenvalue weighted by atomic mass is 9.81. The van der Waals surface area contributed by atoms with Crippen LogP contribution in [0.3, 0.4) is 0 Å². The number of ether oxygens (including phenoxy) is 1. The third-order valence-electron chi connectivity index (χ3n) is 3.32. The molecule has 17 heavy (non-hydrogen) atoms. The normalized spacial score (nSPS) is 24.2. The lowest BCUT2D eigenvalue weighted by Crippen LogP contribution is -2.37. The molecular formula is C14H16O3. The summed E-state index contributed by atoms with van der Waals surface area (Å²) in [6.07, 6.45) is 1.61. The summed E-state index contributed by atoms with van der Waals surface area (Å²) in [5, 5.41) is 0. The van der Waals surface area contributed by atoms with Gasteiger partial charge in [-0.25, -0.2) is 0 Å². The van der Waals surface area contributed by atoms with Gasteiger partial charge in [0.2, 0.25) is 0 Å². The van der Waals surface area contributed by atoms with Gasteiger partial charge < -0.3 is 4.74 Å².